The predicted octanol–water partition coefficient (Wildman–Crippen LogP) is 19.7. The van der Waals surface area contributed by atoms with E-state index in [9.17, 15) is 0 Å². The highest BCUT2D eigenvalue weighted by atomic mass is 15.0. The molecule has 0 spiro atoms. The fourth-order valence-corrected chi connectivity index (χ4v) is 14.1. The highest BCUT2D eigenvalue weighted by Gasteiger charge is 2.39. The third kappa shape index (κ3) is 6.25. The summed E-state index contributed by atoms with van der Waals surface area (Å²) in [4.78, 5) is 0. The van der Waals surface area contributed by atoms with E-state index < -0.39 is 0 Å². The second-order valence-electron chi connectivity index (χ2n) is 22.1. The minimum atomic E-state index is -0.288. The van der Waals surface area contributed by atoms with Crippen molar-refractivity contribution in [2.24, 2.45) is 0 Å². The molecule has 370 valence electrons. The van der Waals surface area contributed by atoms with E-state index in [1.807, 2.05) is 0 Å². The molecule has 0 N–H and O–H groups in total. The Bertz CT molecular complexity index is 5120. The number of aromatic nitrogens is 4. The van der Waals surface area contributed by atoms with Gasteiger partial charge in [0.2, 0.25) is 0 Å². The Morgan fingerprint density at radius 2 is 0.620 bits per heavy atom. The van der Waals surface area contributed by atoms with Gasteiger partial charge < -0.3 is 18.3 Å². The first-order chi connectivity index (χ1) is 39.0. The summed E-state index contributed by atoms with van der Waals surface area (Å²) in [5, 5.41) is 10.0. The smallest absolute Gasteiger partial charge is 0.0544 e. The van der Waals surface area contributed by atoms with Crippen LogP contribution in [0.4, 0.5) is 0 Å². The largest absolute Gasteiger partial charge is 0.309 e. The van der Waals surface area contributed by atoms with Crippen molar-refractivity contribution in [1.82, 2.24) is 18.3 Å². The fraction of sp³-hybridized carbons (Fsp3) is 0.0400. The van der Waals surface area contributed by atoms with Crippen molar-refractivity contribution in [3.8, 4) is 56.1 Å². The SMILES string of the molecule is CC1(C)c2cc3c(cc2-c2cccc(-c4ccc5c(c4)c4ccccc4n5-c4cccc(-c5cccc(-n6c7ccccc7c7ccccc76)c5)c4)c21)c1cc(-n2c4ccccc4c4ccccc42)ccc1n3-c1ccccc1. The summed E-state index contributed by atoms with van der Waals surface area (Å²) in [7, 11) is 0. The van der Waals surface area contributed by atoms with E-state index in [4.69, 9.17) is 0 Å². The molecule has 4 nitrogen and oxygen atoms in total. The average molecular weight is 1010 g/mol. The van der Waals surface area contributed by atoms with E-state index in [1.54, 1.807) is 0 Å². The van der Waals surface area contributed by atoms with Crippen LogP contribution in [0.3, 0.4) is 0 Å². The molecule has 0 unspecified atom stereocenters. The number of rotatable bonds is 6. The van der Waals surface area contributed by atoms with Crippen LogP contribution < -0.4 is 0 Å². The summed E-state index contributed by atoms with van der Waals surface area (Å²) >= 11 is 0. The van der Waals surface area contributed by atoms with Crippen LogP contribution in [0, 0.1) is 0 Å². The van der Waals surface area contributed by atoms with Gasteiger partial charge in [-0.05, 0) is 154 Å². The molecule has 79 heavy (non-hydrogen) atoms. The van der Waals surface area contributed by atoms with Crippen LogP contribution in [0.5, 0.6) is 0 Å². The summed E-state index contributed by atoms with van der Waals surface area (Å²) in [5.74, 6) is 0. The van der Waals surface area contributed by atoms with Crippen LogP contribution in [-0.4, -0.2) is 18.3 Å². The van der Waals surface area contributed by atoms with Gasteiger partial charge in [-0.1, -0.05) is 172 Å². The van der Waals surface area contributed by atoms with Crippen molar-refractivity contribution >= 4 is 87.2 Å². The molecule has 0 aliphatic heterocycles. The molecular formula is C75H50N4. The molecule has 1 aliphatic rings. The molecule has 12 aromatic carbocycles. The monoisotopic (exact) mass is 1010 g/mol. The molecule has 4 aromatic heterocycles. The number of fused-ring (bicyclic) bond motifs is 15. The molecule has 0 saturated heterocycles. The van der Waals surface area contributed by atoms with E-state index >= 15 is 0 Å². The molecule has 0 radical (unpaired) electrons. The van der Waals surface area contributed by atoms with Crippen LogP contribution in [0.1, 0.15) is 25.0 Å². The van der Waals surface area contributed by atoms with Crippen LogP contribution >= 0.6 is 0 Å². The molecule has 4 heterocycles. The Morgan fingerprint density at radius 3 is 1.16 bits per heavy atom. The Hall–Kier alpha value is -10.2. The van der Waals surface area contributed by atoms with Crippen LogP contribution in [0.25, 0.3) is 143 Å². The van der Waals surface area contributed by atoms with Gasteiger partial charge in [0.05, 0.1) is 44.1 Å². The maximum atomic E-state index is 2.51. The Kier molecular flexibility index (Phi) is 9.15. The van der Waals surface area contributed by atoms with Crippen molar-refractivity contribution in [2.75, 3.05) is 0 Å². The van der Waals surface area contributed by atoms with Gasteiger partial charge >= 0.3 is 0 Å². The van der Waals surface area contributed by atoms with Gasteiger partial charge in [-0.25, -0.2) is 0 Å². The standard InChI is InChI=1S/C75H50N4/c1-75(2)65-46-73-64(63-44-53(38-40-72(63)76(73)50-21-4-3-5-22-50)79-68-34-13-8-27-57(68)58-28-9-14-35-69(58)79)45-61(65)60-31-18-30-54(74(60)75)49-37-39-71-62(43-49)59-29-10-15-36-70(59)78(71)52-24-17-20-48(42-52)47-19-16-23-51(41-47)77-66-32-11-6-25-55(66)56-26-7-12-33-67(56)77/h3-46H,1-2H3. The Balaban J connectivity index is 0.800. The van der Waals surface area contributed by atoms with Crippen molar-refractivity contribution in [2.45, 2.75) is 19.3 Å². The van der Waals surface area contributed by atoms with Gasteiger partial charge in [0, 0.05) is 71.3 Å². The van der Waals surface area contributed by atoms with Gasteiger partial charge in [0.15, 0.2) is 0 Å². The van der Waals surface area contributed by atoms with Gasteiger partial charge in [-0.2, -0.15) is 0 Å². The van der Waals surface area contributed by atoms with Gasteiger partial charge in [-0.3, -0.25) is 0 Å². The maximum absolute atomic E-state index is 2.51. The highest BCUT2D eigenvalue weighted by molar-refractivity contribution is 6.15. The third-order valence-electron chi connectivity index (χ3n) is 17.5. The zero-order chi connectivity index (χ0) is 52.1. The van der Waals surface area contributed by atoms with Gasteiger partial charge in [0.1, 0.15) is 0 Å². The minimum Gasteiger partial charge on any atom is -0.309 e. The molecule has 1 aliphatic carbocycles. The first-order valence-corrected chi connectivity index (χ1v) is 27.5. The zero-order valence-electron chi connectivity index (χ0n) is 43.7. The first kappa shape index (κ1) is 44.0. The number of para-hydroxylation sites is 6. The van der Waals surface area contributed by atoms with Crippen molar-refractivity contribution in [3.63, 3.8) is 0 Å². The molecule has 0 bridgehead atoms. The summed E-state index contributed by atoms with van der Waals surface area (Å²) in [6.45, 7) is 4.86. The summed E-state index contributed by atoms with van der Waals surface area (Å²) in [6.07, 6.45) is 0. The molecular weight excluding hydrogens is 957 g/mol. The van der Waals surface area contributed by atoms with Gasteiger partial charge in [-0.15, -0.1) is 0 Å². The predicted molar refractivity (Wildman–Crippen MR) is 332 cm³/mol. The molecule has 17 rings (SSSR count). The lowest BCUT2D eigenvalue weighted by atomic mass is 9.78. The molecule has 4 heteroatoms. The van der Waals surface area contributed by atoms with Crippen LogP contribution in [0.2, 0.25) is 0 Å². The van der Waals surface area contributed by atoms with E-state index in [0.29, 0.717) is 0 Å². The van der Waals surface area contributed by atoms with Crippen molar-refractivity contribution in [1.29, 1.82) is 0 Å². The van der Waals surface area contributed by atoms with Gasteiger partial charge in [0.25, 0.3) is 0 Å². The third-order valence-corrected chi connectivity index (χ3v) is 17.5. The van der Waals surface area contributed by atoms with E-state index in [-0.39, 0.29) is 5.41 Å². The van der Waals surface area contributed by atoms with Crippen LogP contribution in [-0.2, 0) is 5.41 Å². The quantitative estimate of drug-likeness (QED) is 0.158. The zero-order valence-corrected chi connectivity index (χ0v) is 43.7. The number of benzene rings is 12. The summed E-state index contributed by atoms with van der Waals surface area (Å²) < 4.78 is 9.77. The lowest BCUT2D eigenvalue weighted by Gasteiger charge is -2.25. The minimum absolute atomic E-state index is 0.288. The fourth-order valence-electron chi connectivity index (χ4n) is 14.1. The normalized spacial score (nSPS) is 13.0. The molecule has 0 atom stereocenters. The average Bonchev–Trinajstić information content (AvgIpc) is 4.48. The second kappa shape index (κ2) is 16.4. The summed E-state index contributed by atoms with van der Waals surface area (Å²) in [6, 6.07) is 99.1. The van der Waals surface area contributed by atoms with Crippen molar-refractivity contribution < 1.29 is 0 Å². The van der Waals surface area contributed by atoms with Crippen LogP contribution in [0.15, 0.2) is 267 Å². The molecule has 16 aromatic rings. The van der Waals surface area contributed by atoms with Crippen molar-refractivity contribution in [3.05, 3.63) is 278 Å². The highest BCUT2D eigenvalue weighted by Crippen LogP contribution is 2.54. The topological polar surface area (TPSA) is 19.7 Å². The van der Waals surface area contributed by atoms with E-state index in [0.717, 1.165) is 22.7 Å². The molecule has 0 saturated carbocycles. The van der Waals surface area contributed by atoms with E-state index in [2.05, 4.69) is 299 Å². The summed E-state index contributed by atoms with van der Waals surface area (Å²) in [5.41, 5.74) is 24.1. The first-order valence-electron chi connectivity index (χ1n) is 27.5. The molecule has 0 amide bonds. The lowest BCUT2D eigenvalue weighted by molar-refractivity contribution is 0.662. The Labute approximate surface area is 456 Å². The number of hydrogen-bond acceptors (Lipinski definition) is 0. The molecule has 0 fully saturated rings. The lowest BCUT2D eigenvalue weighted by Crippen LogP contribution is -2.16. The number of hydrogen-bond donors (Lipinski definition) is 0. The second-order valence-corrected chi connectivity index (χ2v) is 22.1. The van der Waals surface area contributed by atoms with E-state index in [1.165, 1.54) is 132 Å². The number of nitrogens with zero attached hydrogens (tertiary/aromatic N) is 4. The maximum Gasteiger partial charge on any atom is 0.0544 e. The Morgan fingerprint density at radius 1 is 0.228 bits per heavy atom.